The number of aromatic nitrogens is 1. The van der Waals surface area contributed by atoms with E-state index in [-0.39, 0.29) is 5.75 Å². The second kappa shape index (κ2) is 5.99. The van der Waals surface area contributed by atoms with Crippen LogP contribution in [0.5, 0.6) is 5.88 Å². The molecule has 0 atom stereocenters. The summed E-state index contributed by atoms with van der Waals surface area (Å²) < 4.78 is 28.4. The Hall–Kier alpha value is -0.370. The quantitative estimate of drug-likeness (QED) is 0.589. The molecule has 0 bridgehead atoms. The van der Waals surface area contributed by atoms with E-state index < -0.39 is 9.84 Å². The zero-order valence-electron chi connectivity index (χ0n) is 10.2. The summed E-state index contributed by atoms with van der Waals surface area (Å²) in [5.41, 5.74) is 2.06. The van der Waals surface area contributed by atoms with E-state index in [0.29, 0.717) is 18.9 Å². The lowest BCUT2D eigenvalue weighted by atomic mass is 10.2. The van der Waals surface area contributed by atoms with Gasteiger partial charge in [0.15, 0.2) is 0 Å². The zero-order valence-corrected chi connectivity index (χ0v) is 13.1. The van der Waals surface area contributed by atoms with Crippen LogP contribution in [0.2, 0.25) is 0 Å². The van der Waals surface area contributed by atoms with Crippen LogP contribution < -0.4 is 4.74 Å². The Labute approximate surface area is 116 Å². The molecule has 0 fully saturated rings. The largest absolute Gasteiger partial charge is 0.478 e. The molecule has 1 heterocycles. The van der Waals surface area contributed by atoms with E-state index in [1.165, 1.54) is 6.26 Å². The highest BCUT2D eigenvalue weighted by atomic mass is 127. The first-order valence-electron chi connectivity index (χ1n) is 5.24. The van der Waals surface area contributed by atoms with Crippen molar-refractivity contribution in [2.24, 2.45) is 0 Å². The van der Waals surface area contributed by atoms with Crippen molar-refractivity contribution in [1.29, 1.82) is 0 Å². The fourth-order valence-electron chi connectivity index (χ4n) is 1.35. The van der Waals surface area contributed by atoms with E-state index in [1.807, 2.05) is 19.9 Å². The third-order valence-corrected chi connectivity index (χ3v) is 4.85. The Balaban J connectivity index is 2.53. The van der Waals surface area contributed by atoms with E-state index >= 15 is 0 Å². The van der Waals surface area contributed by atoms with E-state index in [4.69, 9.17) is 4.74 Å². The first kappa shape index (κ1) is 14.7. The monoisotopic (exact) mass is 369 g/mol. The second-order valence-corrected chi connectivity index (χ2v) is 7.35. The molecule has 0 N–H and O–H groups in total. The molecule has 0 amide bonds. The summed E-state index contributed by atoms with van der Waals surface area (Å²) in [7, 11) is -2.90. The molecule has 0 spiro atoms. The van der Waals surface area contributed by atoms with Crippen molar-refractivity contribution in [3.8, 4) is 5.88 Å². The third-order valence-electron chi connectivity index (χ3n) is 2.19. The number of sulfone groups is 1. The number of rotatable bonds is 5. The fourth-order valence-corrected chi connectivity index (χ4v) is 2.27. The molecule has 0 aliphatic rings. The standard InChI is InChI=1S/C11H16INO3S/c1-8-7-10(13-9(2)11(8)12)16-5-4-6-17(3,14)15/h7H,4-6H2,1-3H3. The predicted octanol–water partition coefficient (Wildman–Crippen LogP) is 2.12. The summed E-state index contributed by atoms with van der Waals surface area (Å²) in [6.07, 6.45) is 1.72. The van der Waals surface area contributed by atoms with Gasteiger partial charge in [0, 0.05) is 15.9 Å². The van der Waals surface area contributed by atoms with Crippen LogP contribution in [0.15, 0.2) is 6.07 Å². The third kappa shape index (κ3) is 5.20. The van der Waals surface area contributed by atoms with Gasteiger partial charge in [0.1, 0.15) is 9.84 Å². The highest BCUT2D eigenvalue weighted by Gasteiger charge is 2.06. The van der Waals surface area contributed by atoms with Gasteiger partial charge < -0.3 is 4.74 Å². The van der Waals surface area contributed by atoms with Gasteiger partial charge in [0.2, 0.25) is 5.88 Å². The second-order valence-electron chi connectivity index (χ2n) is 4.01. The molecule has 17 heavy (non-hydrogen) atoms. The Morgan fingerprint density at radius 2 is 2.06 bits per heavy atom. The van der Waals surface area contributed by atoms with E-state index in [1.54, 1.807) is 0 Å². The van der Waals surface area contributed by atoms with Gasteiger partial charge in [-0.05, 0) is 48.4 Å². The van der Waals surface area contributed by atoms with Crippen LogP contribution in [0.25, 0.3) is 0 Å². The Morgan fingerprint density at radius 3 is 2.59 bits per heavy atom. The van der Waals surface area contributed by atoms with E-state index in [2.05, 4.69) is 27.6 Å². The van der Waals surface area contributed by atoms with Crippen LogP contribution in [0.3, 0.4) is 0 Å². The van der Waals surface area contributed by atoms with Gasteiger partial charge in [-0.1, -0.05) is 0 Å². The van der Waals surface area contributed by atoms with Crippen LogP contribution in [0, 0.1) is 17.4 Å². The van der Waals surface area contributed by atoms with Crippen molar-refractivity contribution >= 4 is 32.4 Å². The molecule has 1 aromatic heterocycles. The average Bonchev–Trinajstić information content (AvgIpc) is 2.19. The first-order valence-corrected chi connectivity index (χ1v) is 8.38. The minimum Gasteiger partial charge on any atom is -0.478 e. The van der Waals surface area contributed by atoms with Gasteiger partial charge in [-0.2, -0.15) is 0 Å². The summed E-state index contributed by atoms with van der Waals surface area (Å²) in [4.78, 5) is 4.29. The number of ether oxygens (including phenoxy) is 1. The normalized spacial score (nSPS) is 11.5. The lowest BCUT2D eigenvalue weighted by Crippen LogP contribution is -2.09. The topological polar surface area (TPSA) is 56.3 Å². The van der Waals surface area contributed by atoms with Crippen LogP contribution in [-0.2, 0) is 9.84 Å². The predicted molar refractivity (Wildman–Crippen MR) is 76.3 cm³/mol. The summed E-state index contributed by atoms with van der Waals surface area (Å²) >= 11 is 2.24. The maximum atomic E-state index is 10.9. The summed E-state index contributed by atoms with van der Waals surface area (Å²) in [6, 6.07) is 1.87. The SMILES string of the molecule is Cc1cc(OCCCS(C)(=O)=O)nc(C)c1I. The minimum absolute atomic E-state index is 0.148. The molecule has 0 radical (unpaired) electrons. The molecule has 1 aromatic rings. The maximum Gasteiger partial charge on any atom is 0.213 e. The number of nitrogens with zero attached hydrogens (tertiary/aromatic N) is 1. The molecule has 6 heteroatoms. The maximum absolute atomic E-state index is 10.9. The van der Waals surface area contributed by atoms with Crippen molar-refractivity contribution < 1.29 is 13.2 Å². The molecule has 0 aliphatic heterocycles. The van der Waals surface area contributed by atoms with Gasteiger partial charge >= 0.3 is 0 Å². The van der Waals surface area contributed by atoms with Crippen molar-refractivity contribution in [2.45, 2.75) is 20.3 Å². The number of pyridine rings is 1. The number of hydrogen-bond donors (Lipinski definition) is 0. The van der Waals surface area contributed by atoms with Gasteiger partial charge in [-0.3, -0.25) is 0 Å². The lowest BCUT2D eigenvalue weighted by Gasteiger charge is -2.08. The van der Waals surface area contributed by atoms with Crippen LogP contribution in [0.1, 0.15) is 17.7 Å². The number of hydrogen-bond acceptors (Lipinski definition) is 4. The zero-order chi connectivity index (χ0) is 13.1. The van der Waals surface area contributed by atoms with Crippen molar-refractivity contribution in [1.82, 2.24) is 4.98 Å². The summed E-state index contributed by atoms with van der Waals surface area (Å²) in [5.74, 6) is 0.712. The first-order chi connectivity index (χ1) is 7.79. The average molecular weight is 369 g/mol. The van der Waals surface area contributed by atoms with E-state index in [0.717, 1.165) is 14.8 Å². The van der Waals surface area contributed by atoms with E-state index in [9.17, 15) is 8.42 Å². The number of halogens is 1. The molecular weight excluding hydrogens is 353 g/mol. The molecule has 0 aromatic carbocycles. The van der Waals surface area contributed by atoms with Crippen molar-refractivity contribution in [2.75, 3.05) is 18.6 Å². The van der Waals surface area contributed by atoms with Gasteiger partial charge in [0.05, 0.1) is 18.1 Å². The van der Waals surface area contributed by atoms with Crippen LogP contribution in [0.4, 0.5) is 0 Å². The minimum atomic E-state index is -2.90. The molecule has 96 valence electrons. The highest BCUT2D eigenvalue weighted by Crippen LogP contribution is 2.19. The molecular formula is C11H16INO3S. The Kier molecular flexibility index (Phi) is 5.18. The molecule has 0 saturated heterocycles. The molecule has 0 unspecified atom stereocenters. The van der Waals surface area contributed by atoms with Crippen molar-refractivity contribution in [3.63, 3.8) is 0 Å². The molecule has 0 aliphatic carbocycles. The Morgan fingerprint density at radius 1 is 1.41 bits per heavy atom. The van der Waals surface area contributed by atoms with Crippen LogP contribution >= 0.6 is 22.6 Å². The summed E-state index contributed by atoms with van der Waals surface area (Å²) in [5, 5.41) is 0. The molecule has 0 saturated carbocycles. The van der Waals surface area contributed by atoms with Gasteiger partial charge in [-0.25, -0.2) is 13.4 Å². The van der Waals surface area contributed by atoms with Crippen LogP contribution in [-0.4, -0.2) is 32.0 Å². The number of aryl methyl sites for hydroxylation is 2. The Bertz CT molecular complexity index is 476. The molecule has 1 rings (SSSR count). The summed E-state index contributed by atoms with van der Waals surface area (Å²) in [6.45, 7) is 4.30. The van der Waals surface area contributed by atoms with Crippen molar-refractivity contribution in [3.05, 3.63) is 20.9 Å². The molecule has 4 nitrogen and oxygen atoms in total. The van der Waals surface area contributed by atoms with Gasteiger partial charge in [-0.15, -0.1) is 0 Å². The smallest absolute Gasteiger partial charge is 0.213 e. The fraction of sp³-hybridized carbons (Fsp3) is 0.545. The van der Waals surface area contributed by atoms with Gasteiger partial charge in [0.25, 0.3) is 0 Å². The lowest BCUT2D eigenvalue weighted by molar-refractivity contribution is 0.304. The highest BCUT2D eigenvalue weighted by molar-refractivity contribution is 14.1.